The Morgan fingerprint density at radius 1 is 1.07 bits per heavy atom. The lowest BCUT2D eigenvalue weighted by Gasteiger charge is -2.12. The van der Waals surface area contributed by atoms with E-state index in [1.807, 2.05) is 0 Å². The number of ether oxygens (including phenoxy) is 2. The Morgan fingerprint density at radius 2 is 1.90 bits per heavy atom. The highest BCUT2D eigenvalue weighted by Gasteiger charge is 2.14. The third kappa shape index (κ3) is 4.78. The molecule has 0 fully saturated rings. The van der Waals surface area contributed by atoms with Crippen molar-refractivity contribution < 1.29 is 14.3 Å². The molecule has 146 valence electrons. The van der Waals surface area contributed by atoms with Gasteiger partial charge in [-0.1, -0.05) is 6.07 Å². The smallest absolute Gasteiger partial charge is 0.274 e. The highest BCUT2D eigenvalue weighted by Crippen LogP contribution is 2.29. The maximum Gasteiger partial charge on any atom is 0.274 e. The van der Waals surface area contributed by atoms with E-state index in [0.29, 0.717) is 34.1 Å². The summed E-state index contributed by atoms with van der Waals surface area (Å²) >= 11 is 0. The minimum atomic E-state index is -0.420. The van der Waals surface area contributed by atoms with Crippen molar-refractivity contribution in [1.29, 1.82) is 5.26 Å². The molecule has 0 aliphatic heterocycles. The van der Waals surface area contributed by atoms with Gasteiger partial charge in [-0.2, -0.15) is 5.26 Å². The lowest BCUT2D eigenvalue weighted by molar-refractivity contribution is 0.102. The number of carbonyl (C=O) groups is 1. The van der Waals surface area contributed by atoms with Crippen LogP contribution in [-0.4, -0.2) is 30.1 Å². The van der Waals surface area contributed by atoms with E-state index in [1.54, 1.807) is 62.6 Å². The second kappa shape index (κ2) is 8.71. The first-order chi connectivity index (χ1) is 14.0. The van der Waals surface area contributed by atoms with Crippen molar-refractivity contribution in [3.8, 4) is 17.6 Å². The molecule has 0 saturated carbocycles. The Morgan fingerprint density at radius 3 is 2.62 bits per heavy atom. The van der Waals surface area contributed by atoms with Crippen LogP contribution in [0.1, 0.15) is 21.7 Å². The van der Waals surface area contributed by atoms with E-state index in [2.05, 4.69) is 26.7 Å². The van der Waals surface area contributed by atoms with Crippen molar-refractivity contribution >= 4 is 23.2 Å². The average molecular weight is 389 g/mol. The molecular weight excluding hydrogens is 370 g/mol. The third-order valence-electron chi connectivity index (χ3n) is 3.99. The summed E-state index contributed by atoms with van der Waals surface area (Å²) in [6.45, 7) is 1.77. The second-order valence-corrected chi connectivity index (χ2v) is 6.06. The summed E-state index contributed by atoms with van der Waals surface area (Å²) in [5.41, 5.74) is 2.41. The fraction of sp³-hybridized carbons (Fsp3) is 0.143. The standard InChI is InChI=1S/C21H19N5O3/c1-13-9-18(20(27)25-17-11-16(28-2)7-8-19(17)29-3)26-21(23-13)24-15-6-4-5-14(10-15)12-22/h4-11H,1-3H3,(H,25,27)(H,23,24,26). The molecule has 8 heteroatoms. The van der Waals surface area contributed by atoms with Gasteiger partial charge in [0.25, 0.3) is 5.91 Å². The van der Waals surface area contributed by atoms with Gasteiger partial charge in [-0.15, -0.1) is 0 Å². The Balaban J connectivity index is 1.86. The number of aromatic nitrogens is 2. The number of rotatable bonds is 6. The number of hydrogen-bond acceptors (Lipinski definition) is 7. The maximum atomic E-state index is 12.8. The number of amides is 1. The highest BCUT2D eigenvalue weighted by molar-refractivity contribution is 6.04. The molecule has 29 heavy (non-hydrogen) atoms. The minimum absolute atomic E-state index is 0.182. The van der Waals surface area contributed by atoms with Gasteiger partial charge in [0, 0.05) is 17.4 Å². The van der Waals surface area contributed by atoms with E-state index >= 15 is 0 Å². The van der Waals surface area contributed by atoms with Gasteiger partial charge in [0.1, 0.15) is 17.2 Å². The molecule has 0 saturated heterocycles. The highest BCUT2D eigenvalue weighted by atomic mass is 16.5. The van der Waals surface area contributed by atoms with Crippen molar-refractivity contribution in [2.45, 2.75) is 6.92 Å². The van der Waals surface area contributed by atoms with Crippen molar-refractivity contribution in [3.63, 3.8) is 0 Å². The van der Waals surface area contributed by atoms with Gasteiger partial charge in [0.2, 0.25) is 5.95 Å². The monoisotopic (exact) mass is 389 g/mol. The number of anilines is 3. The number of carbonyl (C=O) groups excluding carboxylic acids is 1. The molecule has 0 aliphatic rings. The number of nitrogens with zero attached hydrogens (tertiary/aromatic N) is 3. The molecule has 3 aromatic rings. The molecule has 2 N–H and O–H groups in total. The van der Waals surface area contributed by atoms with Crippen LogP contribution >= 0.6 is 0 Å². The molecular formula is C21H19N5O3. The van der Waals surface area contributed by atoms with Crippen molar-refractivity contribution in [1.82, 2.24) is 9.97 Å². The molecule has 3 rings (SSSR count). The molecule has 0 bridgehead atoms. The molecule has 0 radical (unpaired) electrons. The maximum absolute atomic E-state index is 12.8. The van der Waals surface area contributed by atoms with Crippen LogP contribution in [0.5, 0.6) is 11.5 Å². The summed E-state index contributed by atoms with van der Waals surface area (Å²) in [6, 6.07) is 15.7. The predicted molar refractivity (Wildman–Crippen MR) is 109 cm³/mol. The van der Waals surface area contributed by atoms with Crippen LogP contribution in [0.25, 0.3) is 0 Å². The van der Waals surface area contributed by atoms with Crippen molar-refractivity contribution in [2.75, 3.05) is 24.9 Å². The number of methoxy groups -OCH3 is 2. The first kappa shape index (κ1) is 19.6. The summed E-state index contributed by atoms with van der Waals surface area (Å²) < 4.78 is 10.5. The zero-order valence-electron chi connectivity index (χ0n) is 16.2. The third-order valence-corrected chi connectivity index (χ3v) is 3.99. The van der Waals surface area contributed by atoms with Crippen LogP contribution in [-0.2, 0) is 0 Å². The summed E-state index contributed by atoms with van der Waals surface area (Å²) in [5, 5.41) is 14.8. The average Bonchev–Trinajstić information content (AvgIpc) is 2.73. The predicted octanol–water partition coefficient (Wildman–Crippen LogP) is 3.67. The van der Waals surface area contributed by atoms with Crippen LogP contribution in [0.15, 0.2) is 48.5 Å². The van der Waals surface area contributed by atoms with Gasteiger partial charge < -0.3 is 20.1 Å². The summed E-state index contributed by atoms with van der Waals surface area (Å²) in [7, 11) is 3.06. The fourth-order valence-corrected chi connectivity index (χ4v) is 2.63. The molecule has 8 nitrogen and oxygen atoms in total. The van der Waals surface area contributed by atoms with Crippen LogP contribution in [0.4, 0.5) is 17.3 Å². The lowest BCUT2D eigenvalue weighted by Crippen LogP contribution is -2.16. The van der Waals surface area contributed by atoms with Gasteiger partial charge in [-0.25, -0.2) is 9.97 Å². The van der Waals surface area contributed by atoms with Crippen molar-refractivity contribution in [2.24, 2.45) is 0 Å². The number of aryl methyl sites for hydroxylation is 1. The Labute approximate surface area is 168 Å². The first-order valence-electron chi connectivity index (χ1n) is 8.68. The van der Waals surface area contributed by atoms with Gasteiger partial charge >= 0.3 is 0 Å². The van der Waals surface area contributed by atoms with Crippen LogP contribution in [0.3, 0.4) is 0 Å². The fourth-order valence-electron chi connectivity index (χ4n) is 2.63. The number of benzene rings is 2. The second-order valence-electron chi connectivity index (χ2n) is 6.06. The number of nitriles is 1. The number of nitrogens with one attached hydrogen (secondary N) is 2. The summed E-state index contributed by atoms with van der Waals surface area (Å²) in [6.07, 6.45) is 0. The lowest BCUT2D eigenvalue weighted by atomic mass is 10.2. The van der Waals surface area contributed by atoms with E-state index in [9.17, 15) is 4.79 Å². The van der Waals surface area contributed by atoms with E-state index < -0.39 is 5.91 Å². The Hall–Kier alpha value is -4.12. The van der Waals surface area contributed by atoms with E-state index in [-0.39, 0.29) is 11.6 Å². The number of hydrogen-bond donors (Lipinski definition) is 2. The molecule has 1 heterocycles. The molecule has 1 aromatic heterocycles. The molecule has 2 aromatic carbocycles. The zero-order chi connectivity index (χ0) is 20.8. The van der Waals surface area contributed by atoms with Gasteiger partial charge in [-0.3, -0.25) is 4.79 Å². The van der Waals surface area contributed by atoms with Crippen LogP contribution in [0, 0.1) is 18.3 Å². The van der Waals surface area contributed by atoms with Crippen molar-refractivity contribution in [3.05, 3.63) is 65.5 Å². The minimum Gasteiger partial charge on any atom is -0.497 e. The molecule has 1 amide bonds. The molecule has 0 atom stereocenters. The first-order valence-corrected chi connectivity index (χ1v) is 8.68. The van der Waals surface area contributed by atoms with E-state index in [4.69, 9.17) is 14.7 Å². The zero-order valence-corrected chi connectivity index (χ0v) is 16.2. The van der Waals surface area contributed by atoms with Gasteiger partial charge in [-0.05, 0) is 43.3 Å². The van der Waals surface area contributed by atoms with Crippen LogP contribution in [0.2, 0.25) is 0 Å². The SMILES string of the molecule is COc1ccc(OC)c(NC(=O)c2cc(C)nc(Nc3cccc(C#N)c3)n2)c1. The Kier molecular flexibility index (Phi) is 5.90. The van der Waals surface area contributed by atoms with Gasteiger partial charge in [0.15, 0.2) is 0 Å². The summed E-state index contributed by atoms with van der Waals surface area (Å²) in [4.78, 5) is 21.4. The van der Waals surface area contributed by atoms with Gasteiger partial charge in [0.05, 0.1) is 31.5 Å². The molecule has 0 spiro atoms. The largest absolute Gasteiger partial charge is 0.497 e. The van der Waals surface area contributed by atoms with E-state index in [1.165, 1.54) is 7.11 Å². The molecule has 0 aliphatic carbocycles. The quantitative estimate of drug-likeness (QED) is 0.662. The van der Waals surface area contributed by atoms with E-state index in [0.717, 1.165) is 0 Å². The molecule has 0 unspecified atom stereocenters. The topological polar surface area (TPSA) is 109 Å². The van der Waals surface area contributed by atoms with Crippen LogP contribution < -0.4 is 20.1 Å². The summed E-state index contributed by atoms with van der Waals surface area (Å²) in [5.74, 6) is 0.912. The Bertz CT molecular complexity index is 1090. The normalized spacial score (nSPS) is 10.0.